The van der Waals surface area contributed by atoms with Crippen molar-refractivity contribution in [2.24, 2.45) is 0 Å². The average molecular weight is 270 g/mol. The highest BCUT2D eigenvalue weighted by atomic mass is 16.6. The van der Waals surface area contributed by atoms with Gasteiger partial charge in [-0.2, -0.15) is 0 Å². The third-order valence-electron chi connectivity index (χ3n) is 3.53. The van der Waals surface area contributed by atoms with Gasteiger partial charge in [-0.3, -0.25) is 10.1 Å². The van der Waals surface area contributed by atoms with Crippen LogP contribution in [0.15, 0.2) is 36.7 Å². The summed E-state index contributed by atoms with van der Waals surface area (Å²) in [5.74, 6) is 0.444. The molecule has 1 aliphatic carbocycles. The van der Waals surface area contributed by atoms with E-state index in [-0.39, 0.29) is 11.7 Å². The Morgan fingerprint density at radius 2 is 1.90 bits per heavy atom. The van der Waals surface area contributed by atoms with E-state index in [1.807, 2.05) is 6.07 Å². The third kappa shape index (κ3) is 2.59. The topological polar surface area (TPSA) is 81.0 Å². The Kier molecular flexibility index (Phi) is 3.28. The zero-order valence-electron chi connectivity index (χ0n) is 10.8. The number of hydrogen-bond donors (Lipinski definition) is 1. The number of fused-ring (bicyclic) bond motifs is 1. The lowest BCUT2D eigenvalue weighted by Gasteiger charge is -2.25. The molecule has 6 nitrogen and oxygen atoms in total. The van der Waals surface area contributed by atoms with E-state index < -0.39 is 4.92 Å². The van der Waals surface area contributed by atoms with Gasteiger partial charge in [-0.05, 0) is 30.4 Å². The molecule has 1 aromatic heterocycles. The maximum atomic E-state index is 10.5. The molecule has 20 heavy (non-hydrogen) atoms. The number of hydrogen-bond acceptors (Lipinski definition) is 5. The number of nitrogens with zero attached hydrogens (tertiary/aromatic N) is 3. The van der Waals surface area contributed by atoms with E-state index in [4.69, 9.17) is 0 Å². The normalized spacial score (nSPS) is 17.3. The van der Waals surface area contributed by atoms with Gasteiger partial charge in [0.1, 0.15) is 12.4 Å². The van der Waals surface area contributed by atoms with E-state index in [9.17, 15) is 10.1 Å². The van der Waals surface area contributed by atoms with E-state index in [1.54, 1.807) is 0 Å². The van der Waals surface area contributed by atoms with Crippen LogP contribution in [0, 0.1) is 10.1 Å². The minimum absolute atomic E-state index is 0.0930. The minimum atomic E-state index is -0.499. The number of rotatable bonds is 3. The van der Waals surface area contributed by atoms with E-state index in [1.165, 1.54) is 23.5 Å². The Balaban J connectivity index is 1.69. The van der Waals surface area contributed by atoms with E-state index in [0.29, 0.717) is 5.95 Å². The smallest absolute Gasteiger partial charge is 0.305 e. The summed E-state index contributed by atoms with van der Waals surface area (Å²) in [6.07, 6.45) is 5.42. The quantitative estimate of drug-likeness (QED) is 0.684. The van der Waals surface area contributed by atoms with Crippen LogP contribution >= 0.6 is 0 Å². The molecule has 0 bridgehead atoms. The maximum Gasteiger partial charge on any atom is 0.305 e. The van der Waals surface area contributed by atoms with E-state index in [0.717, 1.165) is 19.3 Å². The van der Waals surface area contributed by atoms with Crippen LogP contribution in [-0.2, 0) is 12.8 Å². The Morgan fingerprint density at radius 3 is 2.60 bits per heavy atom. The van der Waals surface area contributed by atoms with Crippen molar-refractivity contribution in [1.82, 2.24) is 9.97 Å². The molecular weight excluding hydrogens is 256 g/mol. The lowest BCUT2D eigenvalue weighted by molar-refractivity contribution is -0.385. The molecule has 1 aliphatic rings. The van der Waals surface area contributed by atoms with E-state index in [2.05, 4.69) is 33.5 Å². The van der Waals surface area contributed by atoms with Crippen molar-refractivity contribution in [2.45, 2.75) is 25.3 Å². The van der Waals surface area contributed by atoms with Crippen LogP contribution in [0.2, 0.25) is 0 Å². The summed E-state index contributed by atoms with van der Waals surface area (Å²) in [7, 11) is 0. The standard InChI is InChI=1S/C14H14N4O2/c19-18(20)13-8-15-14(16-9-13)17-12-6-5-10-3-1-2-4-11(10)7-12/h1-4,8-9,12H,5-7H2,(H,15,16,17). The van der Waals surface area contributed by atoms with Crippen LogP contribution in [0.1, 0.15) is 17.5 Å². The molecular formula is C14H14N4O2. The molecule has 2 aromatic rings. The van der Waals surface area contributed by atoms with Gasteiger partial charge in [0, 0.05) is 6.04 Å². The molecule has 0 amide bonds. The summed E-state index contributed by atoms with van der Waals surface area (Å²) in [5, 5.41) is 13.8. The first-order chi connectivity index (χ1) is 9.72. The number of aryl methyl sites for hydroxylation is 1. The molecule has 1 aromatic carbocycles. The molecule has 1 unspecified atom stereocenters. The van der Waals surface area contributed by atoms with Crippen molar-refractivity contribution in [1.29, 1.82) is 0 Å². The summed E-state index contributed by atoms with van der Waals surface area (Å²) < 4.78 is 0. The first kappa shape index (κ1) is 12.5. The first-order valence-electron chi connectivity index (χ1n) is 6.52. The minimum Gasteiger partial charge on any atom is -0.351 e. The number of aromatic nitrogens is 2. The second-order valence-corrected chi connectivity index (χ2v) is 4.87. The zero-order chi connectivity index (χ0) is 13.9. The molecule has 0 saturated heterocycles. The molecule has 0 fully saturated rings. The highest BCUT2D eigenvalue weighted by Crippen LogP contribution is 2.22. The van der Waals surface area contributed by atoms with Crippen LogP contribution < -0.4 is 5.32 Å². The summed E-state index contributed by atoms with van der Waals surface area (Å²) in [5.41, 5.74) is 2.65. The SMILES string of the molecule is O=[N+]([O-])c1cnc(NC2CCc3ccccc3C2)nc1. The van der Waals surface area contributed by atoms with Gasteiger partial charge < -0.3 is 5.32 Å². The van der Waals surface area contributed by atoms with Gasteiger partial charge >= 0.3 is 5.69 Å². The van der Waals surface area contributed by atoms with Crippen molar-refractivity contribution in [3.63, 3.8) is 0 Å². The summed E-state index contributed by atoms with van der Waals surface area (Å²) in [4.78, 5) is 18.0. The van der Waals surface area contributed by atoms with Gasteiger partial charge in [-0.25, -0.2) is 9.97 Å². The fourth-order valence-corrected chi connectivity index (χ4v) is 2.49. The molecule has 6 heteroatoms. The highest BCUT2D eigenvalue weighted by Gasteiger charge is 2.19. The molecule has 0 spiro atoms. The monoisotopic (exact) mass is 270 g/mol. The second kappa shape index (κ2) is 5.24. The molecule has 0 aliphatic heterocycles. The average Bonchev–Trinajstić information content (AvgIpc) is 2.48. The van der Waals surface area contributed by atoms with Gasteiger partial charge in [0.15, 0.2) is 0 Å². The van der Waals surface area contributed by atoms with Crippen LogP contribution in [0.5, 0.6) is 0 Å². The third-order valence-corrected chi connectivity index (χ3v) is 3.53. The Hall–Kier alpha value is -2.50. The van der Waals surface area contributed by atoms with Gasteiger partial charge in [0.05, 0.1) is 4.92 Å². The van der Waals surface area contributed by atoms with Crippen molar-refractivity contribution >= 4 is 11.6 Å². The van der Waals surface area contributed by atoms with Gasteiger partial charge in [0.2, 0.25) is 5.95 Å². The summed E-state index contributed by atoms with van der Waals surface area (Å²) in [6, 6.07) is 8.68. The molecule has 0 radical (unpaired) electrons. The molecule has 1 heterocycles. The van der Waals surface area contributed by atoms with E-state index >= 15 is 0 Å². The zero-order valence-corrected chi connectivity index (χ0v) is 10.8. The largest absolute Gasteiger partial charge is 0.351 e. The van der Waals surface area contributed by atoms with Gasteiger partial charge in [0.25, 0.3) is 0 Å². The summed E-state index contributed by atoms with van der Waals surface area (Å²) in [6.45, 7) is 0. The first-order valence-corrected chi connectivity index (χ1v) is 6.52. The fraction of sp³-hybridized carbons (Fsp3) is 0.286. The lowest BCUT2D eigenvalue weighted by Crippen LogP contribution is -2.28. The molecule has 3 rings (SSSR count). The van der Waals surface area contributed by atoms with Crippen molar-refractivity contribution in [3.8, 4) is 0 Å². The fourth-order valence-electron chi connectivity index (χ4n) is 2.49. The Morgan fingerprint density at radius 1 is 1.20 bits per heavy atom. The number of nitrogens with one attached hydrogen (secondary N) is 1. The van der Waals surface area contributed by atoms with Crippen LogP contribution in [0.25, 0.3) is 0 Å². The maximum absolute atomic E-state index is 10.5. The Labute approximate surface area is 116 Å². The van der Waals surface area contributed by atoms with Crippen LogP contribution in [0.3, 0.4) is 0 Å². The van der Waals surface area contributed by atoms with Gasteiger partial charge in [-0.15, -0.1) is 0 Å². The highest BCUT2D eigenvalue weighted by molar-refractivity contribution is 5.36. The predicted molar refractivity (Wildman–Crippen MR) is 74.6 cm³/mol. The molecule has 1 atom stereocenters. The number of anilines is 1. The number of nitro groups is 1. The molecule has 1 N–H and O–H groups in total. The molecule has 0 saturated carbocycles. The Bertz CT molecular complexity index is 627. The van der Waals surface area contributed by atoms with Crippen LogP contribution in [-0.4, -0.2) is 20.9 Å². The number of benzene rings is 1. The predicted octanol–water partition coefficient (Wildman–Crippen LogP) is 2.35. The summed E-state index contributed by atoms with van der Waals surface area (Å²) >= 11 is 0. The van der Waals surface area contributed by atoms with Crippen molar-refractivity contribution < 1.29 is 4.92 Å². The van der Waals surface area contributed by atoms with Crippen LogP contribution in [0.4, 0.5) is 11.6 Å². The second-order valence-electron chi connectivity index (χ2n) is 4.87. The molecule has 102 valence electrons. The van der Waals surface area contributed by atoms with Crippen molar-refractivity contribution in [3.05, 3.63) is 57.9 Å². The van der Waals surface area contributed by atoms with Crippen molar-refractivity contribution in [2.75, 3.05) is 5.32 Å². The lowest BCUT2D eigenvalue weighted by atomic mass is 9.88. The van der Waals surface area contributed by atoms with Gasteiger partial charge in [-0.1, -0.05) is 24.3 Å².